The van der Waals surface area contributed by atoms with Crippen molar-refractivity contribution >= 4 is 17.3 Å². The van der Waals surface area contributed by atoms with Crippen LogP contribution < -0.4 is 4.74 Å². The fourth-order valence-electron chi connectivity index (χ4n) is 5.98. The van der Waals surface area contributed by atoms with E-state index in [4.69, 9.17) is 32.6 Å². The van der Waals surface area contributed by atoms with Gasteiger partial charge < -0.3 is 34.6 Å². The molecule has 5 rings (SSSR count). The fraction of sp³-hybridized carbons (Fsp3) is 0.324. The standard InChI is InChI=1S/C27H27N3O10.C10H2/c1-10-22(32)14(29-30-28)7-17(39-10)40-16-9-27(37,11(2)31)8-13-19(16)26(36)21-20(24(13)34)23(33)12-5-4-6-15(38-3)18(12)25(21)35;1-3-5-7-9-10-8-6-4-2/h4-6,10,14,16-17,22,32,34,36-37H,7-9H2,1-3H3;1-2H/t10-,14-,16-,17-,22+,27-;/m0./s1. The quantitative estimate of drug-likeness (QED) is 0.102. The SMILES string of the molecule is C#CC#CC#CC#CC#C.COc1cccc2c1C(=O)c1c(O)c3c(c(O)c1C2=O)C[C@@](O)(C(C)=O)C[C@@H]3O[C@H]1C[C@H](N=[N+]=[N-])[C@H](O)[C@H](C)O1. The molecule has 2 aliphatic carbocycles. The van der Waals surface area contributed by atoms with Crippen LogP contribution in [0.5, 0.6) is 17.2 Å². The van der Waals surface area contributed by atoms with Crippen LogP contribution in [0.2, 0.25) is 0 Å². The molecule has 1 aliphatic heterocycles. The molecule has 3 aliphatic rings. The smallest absolute Gasteiger partial charge is 0.202 e. The second-order valence-corrected chi connectivity index (χ2v) is 11.3. The molecule has 6 atom stereocenters. The number of methoxy groups -OCH3 is 1. The van der Waals surface area contributed by atoms with E-state index in [1.54, 1.807) is 0 Å². The van der Waals surface area contributed by atoms with Crippen LogP contribution in [0.1, 0.15) is 75.8 Å². The van der Waals surface area contributed by atoms with Crippen LogP contribution in [0.4, 0.5) is 0 Å². The molecule has 4 N–H and O–H groups in total. The molecule has 13 heteroatoms. The summed E-state index contributed by atoms with van der Waals surface area (Å²) in [7, 11) is 1.32. The average Bonchev–Trinajstić information content (AvgIpc) is 3.08. The Hall–Kier alpha value is -6.20. The molecule has 1 saturated heterocycles. The molecule has 0 amide bonds. The molecule has 1 fully saturated rings. The molecule has 13 nitrogen and oxygen atoms in total. The predicted molar refractivity (Wildman–Crippen MR) is 176 cm³/mol. The Morgan fingerprint density at radius 2 is 1.66 bits per heavy atom. The maximum atomic E-state index is 13.7. The highest BCUT2D eigenvalue weighted by atomic mass is 16.7. The highest BCUT2D eigenvalue weighted by molar-refractivity contribution is 6.31. The van der Waals surface area contributed by atoms with E-state index >= 15 is 0 Å². The molecule has 1 heterocycles. The van der Waals surface area contributed by atoms with Crippen LogP contribution in [-0.2, 0) is 20.7 Å². The summed E-state index contributed by atoms with van der Waals surface area (Å²) in [6, 6.07) is 3.47. The molecule has 0 spiro atoms. The van der Waals surface area contributed by atoms with Crippen LogP contribution in [0, 0.1) is 60.2 Å². The number of carbonyl (C=O) groups excluding carboxylic acids is 3. The van der Waals surface area contributed by atoms with E-state index in [1.807, 2.05) is 0 Å². The highest BCUT2D eigenvalue weighted by Gasteiger charge is 2.49. The number of phenols is 2. The molecule has 0 aromatic heterocycles. The van der Waals surface area contributed by atoms with Gasteiger partial charge in [-0.2, -0.15) is 0 Å². The van der Waals surface area contributed by atoms with Crippen LogP contribution in [0.25, 0.3) is 10.4 Å². The third-order valence-electron chi connectivity index (χ3n) is 8.38. The van der Waals surface area contributed by atoms with Crippen molar-refractivity contribution in [1.82, 2.24) is 0 Å². The van der Waals surface area contributed by atoms with Crippen molar-refractivity contribution in [3.63, 3.8) is 0 Å². The van der Waals surface area contributed by atoms with E-state index in [1.165, 1.54) is 32.2 Å². The van der Waals surface area contributed by atoms with Crippen LogP contribution in [-0.4, -0.2) is 75.0 Å². The zero-order valence-electron chi connectivity index (χ0n) is 27.0. The minimum atomic E-state index is -2.05. The molecular weight excluding hydrogens is 646 g/mol. The molecule has 0 saturated carbocycles. The molecule has 252 valence electrons. The first-order valence-electron chi connectivity index (χ1n) is 14.9. The van der Waals surface area contributed by atoms with Crippen molar-refractivity contribution in [3.05, 3.63) is 62.0 Å². The first kappa shape index (κ1) is 36.6. The first-order chi connectivity index (χ1) is 23.8. The van der Waals surface area contributed by atoms with Gasteiger partial charge in [0.1, 0.15) is 22.8 Å². The highest BCUT2D eigenvalue weighted by Crippen LogP contribution is 2.52. The molecule has 2 aromatic rings. The Kier molecular flexibility index (Phi) is 11.2. The number of benzene rings is 2. The van der Waals surface area contributed by atoms with Crippen molar-refractivity contribution in [1.29, 1.82) is 0 Å². The number of nitrogens with zero attached hydrogens (tertiary/aromatic N) is 3. The Morgan fingerprint density at radius 3 is 2.24 bits per heavy atom. The average molecular weight is 676 g/mol. The van der Waals surface area contributed by atoms with Crippen molar-refractivity contribution in [2.24, 2.45) is 5.11 Å². The molecule has 2 aromatic carbocycles. The predicted octanol–water partition coefficient (Wildman–Crippen LogP) is 2.64. The van der Waals surface area contributed by atoms with Gasteiger partial charge in [-0.3, -0.25) is 14.4 Å². The Morgan fingerprint density at radius 1 is 1.04 bits per heavy atom. The van der Waals surface area contributed by atoms with Crippen LogP contribution in [0.3, 0.4) is 0 Å². The van der Waals surface area contributed by atoms with Gasteiger partial charge in [-0.05, 0) is 72.8 Å². The lowest BCUT2D eigenvalue weighted by molar-refractivity contribution is -0.247. The second kappa shape index (κ2) is 15.3. The van der Waals surface area contributed by atoms with Crippen molar-refractivity contribution < 1.29 is 49.0 Å². The van der Waals surface area contributed by atoms with Gasteiger partial charge in [0.15, 0.2) is 17.9 Å². The number of hydrogen-bond acceptors (Lipinski definition) is 11. The van der Waals surface area contributed by atoms with E-state index in [0.29, 0.717) is 0 Å². The summed E-state index contributed by atoms with van der Waals surface area (Å²) in [6.45, 7) is 2.69. The Balaban J connectivity index is 0.000000490. The van der Waals surface area contributed by atoms with Gasteiger partial charge in [-0.1, -0.05) is 17.2 Å². The summed E-state index contributed by atoms with van der Waals surface area (Å²) in [4.78, 5) is 42.5. The Bertz CT molecular complexity index is 2070. The molecule has 0 unspecified atom stereocenters. The third kappa shape index (κ3) is 6.99. The largest absolute Gasteiger partial charge is 0.507 e. The van der Waals surface area contributed by atoms with E-state index < -0.39 is 82.6 Å². The van der Waals surface area contributed by atoms with Gasteiger partial charge in [0.25, 0.3) is 0 Å². The number of azide groups is 1. The van der Waals surface area contributed by atoms with Crippen molar-refractivity contribution in [3.8, 4) is 77.5 Å². The number of rotatable bonds is 5. The van der Waals surface area contributed by atoms with Crippen LogP contribution >= 0.6 is 0 Å². The lowest BCUT2D eigenvalue weighted by Crippen LogP contribution is -2.49. The van der Waals surface area contributed by atoms with E-state index in [0.717, 1.165) is 6.92 Å². The maximum Gasteiger partial charge on any atom is 0.202 e. The van der Waals surface area contributed by atoms with Crippen molar-refractivity contribution in [2.45, 2.75) is 69.4 Å². The molecule has 0 bridgehead atoms. The number of Topliss-reactive ketones (excluding diaryl/α,β-unsaturated/α-hetero) is 1. The number of fused-ring (bicyclic) bond motifs is 3. The summed E-state index contributed by atoms with van der Waals surface area (Å²) >= 11 is 0. The van der Waals surface area contributed by atoms with Gasteiger partial charge in [-0.25, -0.2) is 0 Å². The minimum Gasteiger partial charge on any atom is -0.507 e. The summed E-state index contributed by atoms with van der Waals surface area (Å²) in [5.74, 6) is 15.0. The van der Waals surface area contributed by atoms with E-state index in [9.17, 15) is 34.8 Å². The van der Waals surface area contributed by atoms with E-state index in [2.05, 4.69) is 57.4 Å². The second-order valence-electron chi connectivity index (χ2n) is 11.3. The molecule has 0 radical (unpaired) electrons. The number of aliphatic hydroxyl groups is 2. The number of ketones is 3. The molecular formula is C37H29N3O10. The van der Waals surface area contributed by atoms with Gasteiger partial charge >= 0.3 is 0 Å². The zero-order chi connectivity index (χ0) is 36.7. The summed E-state index contributed by atoms with van der Waals surface area (Å²) in [5, 5.41) is 48.0. The van der Waals surface area contributed by atoms with E-state index in [-0.39, 0.29) is 40.8 Å². The van der Waals surface area contributed by atoms with Gasteiger partial charge in [0.05, 0.1) is 48.2 Å². The monoisotopic (exact) mass is 675 g/mol. The topological polar surface area (TPSA) is 209 Å². The first-order valence-corrected chi connectivity index (χ1v) is 14.9. The minimum absolute atomic E-state index is 0.0378. The molecule has 50 heavy (non-hydrogen) atoms. The van der Waals surface area contributed by atoms with Gasteiger partial charge in [-0.15, -0.1) is 12.8 Å². The van der Waals surface area contributed by atoms with Gasteiger partial charge in [0, 0.05) is 40.9 Å². The number of hydrogen-bond donors (Lipinski definition) is 4. The zero-order valence-corrected chi connectivity index (χ0v) is 27.0. The maximum absolute atomic E-state index is 13.7. The number of phenolic OH excluding ortho intramolecular Hbond substituents is 2. The van der Waals surface area contributed by atoms with Crippen molar-refractivity contribution in [2.75, 3.05) is 7.11 Å². The summed E-state index contributed by atoms with van der Waals surface area (Å²) in [6.07, 6.45) is 4.30. The lowest BCUT2D eigenvalue weighted by Gasteiger charge is -2.42. The number of ether oxygens (including phenoxy) is 3. The number of carbonyl (C=O) groups is 3. The van der Waals surface area contributed by atoms with Crippen LogP contribution in [0.15, 0.2) is 23.3 Å². The Labute approximate surface area is 287 Å². The third-order valence-corrected chi connectivity index (χ3v) is 8.38. The number of aliphatic hydroxyl groups excluding tert-OH is 1. The summed E-state index contributed by atoms with van der Waals surface area (Å²) < 4.78 is 17.1. The van der Waals surface area contributed by atoms with Gasteiger partial charge in [0.2, 0.25) is 5.78 Å². The fourth-order valence-corrected chi connectivity index (χ4v) is 5.98. The number of terminal acetylenes is 2. The number of aromatic hydroxyl groups is 2. The normalized spacial score (nSPS) is 23.9. The lowest BCUT2D eigenvalue weighted by atomic mass is 9.72. The summed E-state index contributed by atoms with van der Waals surface area (Å²) in [5.41, 5.74) is 5.58.